The summed E-state index contributed by atoms with van der Waals surface area (Å²) in [6.07, 6.45) is -0.541. The molecule has 0 aliphatic rings. The van der Waals surface area contributed by atoms with Crippen LogP contribution in [-0.4, -0.2) is 22.7 Å². The van der Waals surface area contributed by atoms with E-state index in [1.807, 2.05) is 0 Å². The van der Waals surface area contributed by atoms with Gasteiger partial charge in [-0.1, -0.05) is 11.6 Å². The van der Waals surface area contributed by atoms with Gasteiger partial charge in [0.1, 0.15) is 0 Å². The molecule has 1 aromatic carbocycles. The van der Waals surface area contributed by atoms with Crippen molar-refractivity contribution in [1.29, 1.82) is 0 Å². The van der Waals surface area contributed by atoms with Crippen molar-refractivity contribution < 1.29 is 10.0 Å². The van der Waals surface area contributed by atoms with Gasteiger partial charge in [-0.25, -0.2) is 0 Å². The third-order valence-corrected chi connectivity index (χ3v) is 2.08. The van der Waals surface area contributed by atoms with Gasteiger partial charge in [0.05, 0.1) is 21.7 Å². The quantitative estimate of drug-likeness (QED) is 0.613. The normalized spacial score (nSPS) is 12.2. The van der Waals surface area contributed by atoms with E-state index in [-0.39, 0.29) is 5.69 Å². The van der Waals surface area contributed by atoms with Gasteiger partial charge in [-0.2, -0.15) is 0 Å². The Bertz CT molecular complexity index is 368. The van der Waals surface area contributed by atoms with Crippen molar-refractivity contribution >= 4 is 23.0 Å². The summed E-state index contributed by atoms with van der Waals surface area (Å²) in [4.78, 5) is 9.99. The molecule has 0 saturated heterocycles. The van der Waals surface area contributed by atoms with Crippen LogP contribution < -0.4 is 5.32 Å². The zero-order chi connectivity index (χ0) is 11.4. The van der Waals surface area contributed by atoms with Gasteiger partial charge < -0.3 is 10.4 Å². The van der Waals surface area contributed by atoms with Crippen LogP contribution in [0.3, 0.4) is 0 Å². The lowest BCUT2D eigenvalue weighted by Crippen LogP contribution is -2.15. The molecule has 0 bridgehead atoms. The van der Waals surface area contributed by atoms with E-state index in [0.29, 0.717) is 17.3 Å². The minimum Gasteiger partial charge on any atom is -0.392 e. The summed E-state index contributed by atoms with van der Waals surface area (Å²) in [5.41, 5.74) is 0.416. The highest BCUT2D eigenvalue weighted by Crippen LogP contribution is 2.26. The molecule has 0 fully saturated rings. The first kappa shape index (κ1) is 11.7. The van der Waals surface area contributed by atoms with E-state index < -0.39 is 11.0 Å². The maximum atomic E-state index is 10.5. The molecule has 1 unspecified atom stereocenters. The fraction of sp³-hybridized carbons (Fsp3) is 0.333. The minimum atomic E-state index is -0.541. The summed E-state index contributed by atoms with van der Waals surface area (Å²) >= 11 is 5.82. The topological polar surface area (TPSA) is 75.4 Å². The highest BCUT2D eigenvalue weighted by atomic mass is 35.5. The van der Waals surface area contributed by atoms with Gasteiger partial charge in [0.15, 0.2) is 0 Å². The van der Waals surface area contributed by atoms with Crippen LogP contribution in [0.4, 0.5) is 11.4 Å². The number of non-ortho nitro benzene ring substituents is 1. The van der Waals surface area contributed by atoms with Crippen LogP contribution in [0.2, 0.25) is 5.02 Å². The molecule has 5 nitrogen and oxygen atoms in total. The fourth-order valence-electron chi connectivity index (χ4n) is 1.02. The number of aliphatic hydroxyl groups is 1. The Morgan fingerprint density at radius 3 is 2.87 bits per heavy atom. The number of aliphatic hydroxyl groups excluding tert-OH is 1. The number of nitrogens with one attached hydrogen (secondary N) is 1. The summed E-state index contributed by atoms with van der Waals surface area (Å²) in [5.74, 6) is 0. The van der Waals surface area contributed by atoms with Crippen molar-refractivity contribution in [2.24, 2.45) is 0 Å². The van der Waals surface area contributed by atoms with Crippen molar-refractivity contribution in [1.82, 2.24) is 0 Å². The first-order valence-electron chi connectivity index (χ1n) is 4.36. The number of hydrogen-bond acceptors (Lipinski definition) is 4. The van der Waals surface area contributed by atoms with Gasteiger partial charge >= 0.3 is 0 Å². The highest BCUT2D eigenvalue weighted by Gasteiger charge is 2.09. The van der Waals surface area contributed by atoms with Gasteiger partial charge in [0.25, 0.3) is 5.69 Å². The maximum absolute atomic E-state index is 10.5. The number of nitro groups is 1. The van der Waals surface area contributed by atoms with Crippen LogP contribution in [-0.2, 0) is 0 Å². The first-order chi connectivity index (χ1) is 7.00. The van der Waals surface area contributed by atoms with Crippen LogP contribution in [0.25, 0.3) is 0 Å². The maximum Gasteiger partial charge on any atom is 0.271 e. The van der Waals surface area contributed by atoms with Crippen molar-refractivity contribution in [3.63, 3.8) is 0 Å². The average molecular weight is 231 g/mol. The SMILES string of the molecule is CC(O)CNc1cc([N+](=O)[O-])ccc1Cl. The Morgan fingerprint density at radius 1 is 1.67 bits per heavy atom. The predicted octanol–water partition coefficient (Wildman–Crippen LogP) is 2.04. The highest BCUT2D eigenvalue weighted by molar-refractivity contribution is 6.33. The van der Waals surface area contributed by atoms with Crippen molar-refractivity contribution in [3.05, 3.63) is 33.3 Å². The lowest BCUT2D eigenvalue weighted by Gasteiger charge is -2.09. The van der Waals surface area contributed by atoms with Crippen LogP contribution >= 0.6 is 11.6 Å². The lowest BCUT2D eigenvalue weighted by molar-refractivity contribution is -0.384. The van der Waals surface area contributed by atoms with E-state index in [4.69, 9.17) is 16.7 Å². The number of nitrogens with zero attached hydrogens (tertiary/aromatic N) is 1. The molecule has 2 N–H and O–H groups in total. The van der Waals surface area contributed by atoms with Crippen molar-refractivity contribution in [2.45, 2.75) is 13.0 Å². The molecular weight excluding hydrogens is 220 g/mol. The van der Waals surface area contributed by atoms with E-state index in [0.717, 1.165) is 0 Å². The minimum absolute atomic E-state index is 0.0347. The van der Waals surface area contributed by atoms with Crippen LogP contribution in [0.15, 0.2) is 18.2 Å². The number of halogens is 1. The number of rotatable bonds is 4. The molecule has 0 aromatic heterocycles. The van der Waals surface area contributed by atoms with Gasteiger partial charge in [-0.05, 0) is 13.0 Å². The number of nitro benzene ring substituents is 1. The van der Waals surface area contributed by atoms with Gasteiger partial charge in [-0.15, -0.1) is 0 Å². The van der Waals surface area contributed by atoms with E-state index in [1.165, 1.54) is 18.2 Å². The molecule has 6 heteroatoms. The molecule has 1 atom stereocenters. The molecular formula is C9H11ClN2O3. The first-order valence-corrected chi connectivity index (χ1v) is 4.74. The summed E-state index contributed by atoms with van der Waals surface area (Å²) in [6.45, 7) is 1.90. The Balaban J connectivity index is 2.85. The molecule has 0 saturated carbocycles. The molecule has 1 rings (SSSR count). The van der Waals surface area contributed by atoms with E-state index in [9.17, 15) is 10.1 Å². The molecule has 0 amide bonds. The number of hydrogen-bond donors (Lipinski definition) is 2. The monoisotopic (exact) mass is 230 g/mol. The third-order valence-electron chi connectivity index (χ3n) is 1.75. The summed E-state index contributed by atoms with van der Waals surface area (Å²) < 4.78 is 0. The van der Waals surface area contributed by atoms with E-state index in [2.05, 4.69) is 5.32 Å². The lowest BCUT2D eigenvalue weighted by atomic mass is 10.2. The summed E-state index contributed by atoms with van der Waals surface area (Å²) in [5, 5.41) is 22.7. The Hall–Kier alpha value is -1.33. The van der Waals surface area contributed by atoms with E-state index in [1.54, 1.807) is 6.92 Å². The standard InChI is InChI=1S/C9H11ClN2O3/c1-6(13)5-11-9-4-7(12(14)15)2-3-8(9)10/h2-4,6,11,13H,5H2,1H3. The van der Waals surface area contributed by atoms with Crippen molar-refractivity contribution in [2.75, 3.05) is 11.9 Å². The molecule has 15 heavy (non-hydrogen) atoms. The van der Waals surface area contributed by atoms with Crippen LogP contribution in [0.5, 0.6) is 0 Å². The third kappa shape index (κ3) is 3.38. The van der Waals surface area contributed by atoms with Crippen LogP contribution in [0, 0.1) is 10.1 Å². The van der Waals surface area contributed by atoms with Crippen LogP contribution in [0.1, 0.15) is 6.92 Å². The van der Waals surface area contributed by atoms with Crippen molar-refractivity contribution in [3.8, 4) is 0 Å². The fourth-order valence-corrected chi connectivity index (χ4v) is 1.20. The summed E-state index contributed by atoms with van der Waals surface area (Å²) in [7, 11) is 0. The molecule has 1 aromatic rings. The molecule has 82 valence electrons. The smallest absolute Gasteiger partial charge is 0.271 e. The summed E-state index contributed by atoms with van der Waals surface area (Å²) in [6, 6.07) is 4.12. The average Bonchev–Trinajstić information content (AvgIpc) is 2.16. The number of benzene rings is 1. The Labute approximate surface area is 91.8 Å². The Kier molecular flexibility index (Phi) is 3.88. The second-order valence-corrected chi connectivity index (χ2v) is 3.56. The second kappa shape index (κ2) is 4.95. The van der Waals surface area contributed by atoms with E-state index >= 15 is 0 Å². The predicted molar refractivity (Wildman–Crippen MR) is 58.3 cm³/mol. The molecule has 0 spiro atoms. The van der Waals surface area contributed by atoms with Gasteiger partial charge in [-0.3, -0.25) is 10.1 Å². The molecule has 0 heterocycles. The van der Waals surface area contributed by atoms with Gasteiger partial charge in [0, 0.05) is 18.7 Å². The van der Waals surface area contributed by atoms with Gasteiger partial charge in [0.2, 0.25) is 0 Å². The number of anilines is 1. The second-order valence-electron chi connectivity index (χ2n) is 3.15. The zero-order valence-corrected chi connectivity index (χ0v) is 8.86. The molecule has 0 aliphatic carbocycles. The molecule has 0 aliphatic heterocycles. The largest absolute Gasteiger partial charge is 0.392 e. The molecule has 0 radical (unpaired) electrons. The zero-order valence-electron chi connectivity index (χ0n) is 8.11. The Morgan fingerprint density at radius 2 is 2.33 bits per heavy atom.